The molecule has 148 valence electrons. The Hall–Kier alpha value is -2.84. The van der Waals surface area contributed by atoms with Gasteiger partial charge in [0.1, 0.15) is 13.1 Å². The summed E-state index contributed by atoms with van der Waals surface area (Å²) < 4.78 is 37.8. The molecular weight excluding hydrogens is 373 g/mol. The molecule has 6 nitrogen and oxygen atoms in total. The molecule has 3 amide bonds. The van der Waals surface area contributed by atoms with Gasteiger partial charge in [0, 0.05) is 36.4 Å². The second-order valence-electron chi connectivity index (χ2n) is 7.07. The zero-order valence-electron chi connectivity index (χ0n) is 15.0. The summed E-state index contributed by atoms with van der Waals surface area (Å²) in [7, 11) is 0. The van der Waals surface area contributed by atoms with Gasteiger partial charge in [-0.2, -0.15) is 13.2 Å². The van der Waals surface area contributed by atoms with Gasteiger partial charge in [-0.1, -0.05) is 18.2 Å². The predicted molar refractivity (Wildman–Crippen MR) is 96.8 cm³/mol. The lowest BCUT2D eigenvalue weighted by Crippen LogP contribution is -2.47. The van der Waals surface area contributed by atoms with Crippen LogP contribution in [0.2, 0.25) is 0 Å². The number of carbonyl (C=O) groups excluding carboxylic acids is 2. The van der Waals surface area contributed by atoms with E-state index in [-0.39, 0.29) is 12.6 Å². The third kappa shape index (κ3) is 3.48. The summed E-state index contributed by atoms with van der Waals surface area (Å²) in [5, 5.41) is 1.03. The van der Waals surface area contributed by atoms with Gasteiger partial charge in [-0.25, -0.2) is 4.79 Å². The first-order chi connectivity index (χ1) is 13.3. The van der Waals surface area contributed by atoms with E-state index >= 15 is 0 Å². The van der Waals surface area contributed by atoms with E-state index < -0.39 is 24.7 Å². The van der Waals surface area contributed by atoms with Crippen molar-refractivity contribution in [1.82, 2.24) is 14.8 Å². The first-order valence-corrected chi connectivity index (χ1v) is 9.10. The quantitative estimate of drug-likeness (QED) is 0.754. The predicted octanol–water partition coefficient (Wildman–Crippen LogP) is 3.03. The van der Waals surface area contributed by atoms with Gasteiger partial charge < -0.3 is 9.80 Å². The number of carbonyl (C=O) groups is 2. The standard InChI is InChI=1S/C19H19F3N4O2/c20-19(21,22)12-26-17(27)11-25(18(26)28)13-6-9-24(10-7-13)16-5-8-23-15-4-2-1-3-14(15)16/h1-5,8,13H,6-7,9-12H2. The SMILES string of the molecule is O=C1CN(C2CCN(c3ccnc4ccccc34)CC2)C(=O)N1CC(F)(F)F. The van der Waals surface area contributed by atoms with E-state index in [1.165, 1.54) is 4.90 Å². The van der Waals surface area contributed by atoms with Crippen molar-refractivity contribution in [1.29, 1.82) is 0 Å². The fourth-order valence-electron chi connectivity index (χ4n) is 3.96. The Bertz CT molecular complexity index is 904. The summed E-state index contributed by atoms with van der Waals surface area (Å²) in [4.78, 5) is 32.4. The fraction of sp³-hybridized carbons (Fsp3) is 0.421. The van der Waals surface area contributed by atoms with Crippen LogP contribution in [0.4, 0.5) is 23.7 Å². The Balaban J connectivity index is 1.44. The molecule has 0 N–H and O–H groups in total. The first kappa shape index (κ1) is 18.5. The third-order valence-corrected chi connectivity index (χ3v) is 5.29. The summed E-state index contributed by atoms with van der Waals surface area (Å²) in [5.41, 5.74) is 1.94. The fourth-order valence-corrected chi connectivity index (χ4v) is 3.96. The number of urea groups is 1. The van der Waals surface area contributed by atoms with E-state index in [4.69, 9.17) is 0 Å². The molecule has 9 heteroatoms. The first-order valence-electron chi connectivity index (χ1n) is 9.10. The van der Waals surface area contributed by atoms with Crippen LogP contribution in [-0.4, -0.2) is 65.1 Å². The highest BCUT2D eigenvalue weighted by Crippen LogP contribution is 2.30. The van der Waals surface area contributed by atoms with Crippen molar-refractivity contribution >= 4 is 28.5 Å². The third-order valence-electron chi connectivity index (χ3n) is 5.29. The molecular formula is C19H19F3N4O2. The summed E-state index contributed by atoms with van der Waals surface area (Å²) in [6, 6.07) is 8.68. The molecule has 2 aliphatic rings. The number of anilines is 1. The Kier molecular flexibility index (Phi) is 4.60. The van der Waals surface area contributed by atoms with Crippen LogP contribution in [0.3, 0.4) is 0 Å². The second-order valence-corrected chi connectivity index (χ2v) is 7.07. The topological polar surface area (TPSA) is 56.8 Å². The van der Waals surface area contributed by atoms with E-state index in [9.17, 15) is 22.8 Å². The maximum Gasteiger partial charge on any atom is 0.406 e. The summed E-state index contributed by atoms with van der Waals surface area (Å²) in [6.45, 7) is -0.507. The molecule has 2 aliphatic heterocycles. The minimum absolute atomic E-state index is 0.237. The number of alkyl halides is 3. The van der Waals surface area contributed by atoms with Gasteiger partial charge in [-0.15, -0.1) is 0 Å². The van der Waals surface area contributed by atoms with Crippen LogP contribution in [0.25, 0.3) is 10.9 Å². The number of rotatable bonds is 3. The minimum Gasteiger partial charge on any atom is -0.371 e. The molecule has 28 heavy (non-hydrogen) atoms. The number of piperidine rings is 1. The normalized spacial score (nSPS) is 19.2. The highest BCUT2D eigenvalue weighted by molar-refractivity contribution is 6.02. The Morgan fingerprint density at radius 3 is 2.50 bits per heavy atom. The van der Waals surface area contributed by atoms with Gasteiger partial charge in [-0.05, 0) is 25.0 Å². The van der Waals surface area contributed by atoms with E-state index in [0.717, 1.165) is 16.6 Å². The number of hydrogen-bond acceptors (Lipinski definition) is 4. The molecule has 0 atom stereocenters. The Labute approximate surface area is 159 Å². The van der Waals surface area contributed by atoms with E-state index in [2.05, 4.69) is 9.88 Å². The monoisotopic (exact) mass is 392 g/mol. The molecule has 0 unspecified atom stereocenters. The molecule has 3 heterocycles. The van der Waals surface area contributed by atoms with Crippen molar-refractivity contribution in [3.8, 4) is 0 Å². The number of hydrogen-bond donors (Lipinski definition) is 0. The molecule has 2 aromatic rings. The van der Waals surface area contributed by atoms with Crippen molar-refractivity contribution in [3.63, 3.8) is 0 Å². The van der Waals surface area contributed by atoms with Crippen LogP contribution >= 0.6 is 0 Å². The van der Waals surface area contributed by atoms with E-state index in [1.54, 1.807) is 6.20 Å². The average molecular weight is 392 g/mol. The van der Waals surface area contributed by atoms with Crippen molar-refractivity contribution in [3.05, 3.63) is 36.5 Å². The van der Waals surface area contributed by atoms with Crippen molar-refractivity contribution in [2.24, 2.45) is 0 Å². The minimum atomic E-state index is -4.59. The lowest BCUT2D eigenvalue weighted by molar-refractivity contribution is -0.151. The van der Waals surface area contributed by atoms with Crippen molar-refractivity contribution in [2.45, 2.75) is 25.1 Å². The Morgan fingerprint density at radius 1 is 1.07 bits per heavy atom. The van der Waals surface area contributed by atoms with Crippen LogP contribution < -0.4 is 4.90 Å². The average Bonchev–Trinajstić information content (AvgIpc) is 2.95. The number of para-hydroxylation sites is 1. The maximum absolute atomic E-state index is 12.6. The zero-order chi connectivity index (χ0) is 19.9. The second kappa shape index (κ2) is 6.96. The number of pyridine rings is 1. The van der Waals surface area contributed by atoms with Crippen LogP contribution in [0, 0.1) is 0 Å². The van der Waals surface area contributed by atoms with Crippen LogP contribution in [0.5, 0.6) is 0 Å². The molecule has 0 bridgehead atoms. The molecule has 1 aromatic heterocycles. The summed E-state index contributed by atoms with van der Waals surface area (Å²) >= 11 is 0. The number of benzene rings is 1. The number of amides is 3. The number of halogens is 3. The van der Waals surface area contributed by atoms with Gasteiger partial charge >= 0.3 is 12.2 Å². The molecule has 0 spiro atoms. The number of aromatic nitrogens is 1. The lowest BCUT2D eigenvalue weighted by Gasteiger charge is -2.37. The summed E-state index contributed by atoms with van der Waals surface area (Å²) in [6.07, 6.45) is -1.65. The molecule has 2 fully saturated rings. The van der Waals surface area contributed by atoms with Crippen LogP contribution in [0.1, 0.15) is 12.8 Å². The molecule has 0 aliphatic carbocycles. The highest BCUT2D eigenvalue weighted by Gasteiger charge is 2.45. The highest BCUT2D eigenvalue weighted by atomic mass is 19.4. The zero-order valence-corrected chi connectivity index (χ0v) is 15.0. The smallest absolute Gasteiger partial charge is 0.371 e. The van der Waals surface area contributed by atoms with E-state index in [1.807, 2.05) is 30.3 Å². The maximum atomic E-state index is 12.6. The van der Waals surface area contributed by atoms with Gasteiger partial charge in [-0.3, -0.25) is 14.7 Å². The summed E-state index contributed by atoms with van der Waals surface area (Å²) in [5.74, 6) is -0.787. The van der Waals surface area contributed by atoms with Gasteiger partial charge in [0.15, 0.2) is 0 Å². The molecule has 4 rings (SSSR count). The number of nitrogens with zero attached hydrogens (tertiary/aromatic N) is 4. The number of fused-ring (bicyclic) bond motifs is 1. The van der Waals surface area contributed by atoms with Gasteiger partial charge in [0.25, 0.3) is 5.91 Å². The Morgan fingerprint density at radius 2 is 1.79 bits per heavy atom. The molecule has 0 saturated carbocycles. The molecule has 1 aromatic carbocycles. The van der Waals surface area contributed by atoms with Crippen LogP contribution in [-0.2, 0) is 4.79 Å². The molecule has 0 radical (unpaired) electrons. The van der Waals surface area contributed by atoms with Crippen molar-refractivity contribution < 1.29 is 22.8 Å². The largest absolute Gasteiger partial charge is 0.406 e. The number of imide groups is 1. The van der Waals surface area contributed by atoms with Crippen molar-refractivity contribution in [2.75, 3.05) is 31.1 Å². The van der Waals surface area contributed by atoms with Gasteiger partial charge in [0.2, 0.25) is 0 Å². The lowest BCUT2D eigenvalue weighted by atomic mass is 10.0. The van der Waals surface area contributed by atoms with E-state index in [0.29, 0.717) is 30.8 Å². The van der Waals surface area contributed by atoms with Gasteiger partial charge in [0.05, 0.1) is 5.52 Å². The molecule has 2 saturated heterocycles. The van der Waals surface area contributed by atoms with Crippen LogP contribution in [0.15, 0.2) is 36.5 Å².